The summed E-state index contributed by atoms with van der Waals surface area (Å²) in [7, 11) is 1.95. The Morgan fingerprint density at radius 1 is 1.21 bits per heavy atom. The second-order valence-electron chi connectivity index (χ2n) is 5.89. The monoisotopic (exact) mass is 260 g/mol. The van der Waals surface area contributed by atoms with Crippen LogP contribution in [0.4, 0.5) is 0 Å². The van der Waals surface area contributed by atoms with Gasteiger partial charge in [0, 0.05) is 13.1 Å². The average Bonchev–Trinajstić information content (AvgIpc) is 2.47. The summed E-state index contributed by atoms with van der Waals surface area (Å²) in [5.74, 6) is 0.214. The predicted molar refractivity (Wildman–Crippen MR) is 78.1 cm³/mol. The van der Waals surface area contributed by atoms with Gasteiger partial charge in [-0.15, -0.1) is 0 Å². The Kier molecular flexibility index (Phi) is 4.25. The third-order valence-electron chi connectivity index (χ3n) is 4.21. The number of hydrogen-bond acceptors (Lipinski definition) is 2. The summed E-state index contributed by atoms with van der Waals surface area (Å²) < 4.78 is 0. The maximum Gasteiger partial charge on any atom is 0.232 e. The van der Waals surface area contributed by atoms with Crippen molar-refractivity contribution in [3.05, 3.63) is 35.9 Å². The van der Waals surface area contributed by atoms with Crippen LogP contribution in [0.2, 0.25) is 0 Å². The normalized spacial score (nSPS) is 17.2. The summed E-state index contributed by atoms with van der Waals surface area (Å²) >= 11 is 0. The maximum atomic E-state index is 12.8. The van der Waals surface area contributed by atoms with E-state index in [9.17, 15) is 4.79 Å². The fourth-order valence-corrected chi connectivity index (χ4v) is 2.78. The van der Waals surface area contributed by atoms with E-state index in [2.05, 4.69) is 5.32 Å². The Bertz CT molecular complexity index is 422. The molecule has 1 amide bonds. The molecule has 0 spiro atoms. The molecule has 1 aromatic carbocycles. The molecular formula is C16H24N2O. The van der Waals surface area contributed by atoms with Crippen LogP contribution >= 0.6 is 0 Å². The number of rotatable bonds is 3. The van der Waals surface area contributed by atoms with E-state index in [1.54, 1.807) is 0 Å². The first kappa shape index (κ1) is 14.1. The highest BCUT2D eigenvalue weighted by Gasteiger charge is 2.35. The molecule has 2 rings (SSSR count). The molecule has 19 heavy (non-hydrogen) atoms. The van der Waals surface area contributed by atoms with Crippen molar-refractivity contribution in [3.8, 4) is 0 Å². The highest BCUT2D eigenvalue weighted by Crippen LogP contribution is 2.27. The zero-order valence-corrected chi connectivity index (χ0v) is 12.1. The van der Waals surface area contributed by atoms with Crippen LogP contribution < -0.4 is 5.32 Å². The fraction of sp³-hybridized carbons (Fsp3) is 0.562. The first-order valence-corrected chi connectivity index (χ1v) is 7.07. The molecule has 1 saturated heterocycles. The number of hydrogen-bond donors (Lipinski definition) is 1. The van der Waals surface area contributed by atoms with Gasteiger partial charge in [-0.05, 0) is 45.3 Å². The molecule has 1 aliphatic heterocycles. The van der Waals surface area contributed by atoms with E-state index in [-0.39, 0.29) is 5.91 Å². The van der Waals surface area contributed by atoms with Gasteiger partial charge in [0.15, 0.2) is 0 Å². The SMILES string of the molecule is CN(C(=O)C(C)(C)c1ccccc1)C1CCNCC1. The Labute approximate surface area is 116 Å². The van der Waals surface area contributed by atoms with Gasteiger partial charge < -0.3 is 10.2 Å². The molecule has 0 radical (unpaired) electrons. The van der Waals surface area contributed by atoms with Crippen molar-refractivity contribution in [2.24, 2.45) is 0 Å². The molecule has 3 heteroatoms. The second-order valence-corrected chi connectivity index (χ2v) is 5.89. The van der Waals surface area contributed by atoms with Crippen molar-refractivity contribution in [1.29, 1.82) is 0 Å². The minimum Gasteiger partial charge on any atom is -0.342 e. The molecule has 0 aromatic heterocycles. The zero-order valence-electron chi connectivity index (χ0n) is 12.1. The van der Waals surface area contributed by atoms with E-state index in [1.165, 1.54) is 0 Å². The van der Waals surface area contributed by atoms with Gasteiger partial charge in [0.1, 0.15) is 0 Å². The number of carbonyl (C=O) groups is 1. The average molecular weight is 260 g/mol. The standard InChI is InChI=1S/C16H24N2O/c1-16(2,13-7-5-4-6-8-13)15(19)18(3)14-9-11-17-12-10-14/h4-8,14,17H,9-12H2,1-3H3. The van der Waals surface area contributed by atoms with Crippen molar-refractivity contribution >= 4 is 5.91 Å². The number of piperidine rings is 1. The molecule has 0 saturated carbocycles. The number of carbonyl (C=O) groups excluding carboxylic acids is 1. The van der Waals surface area contributed by atoms with Gasteiger partial charge in [-0.2, -0.15) is 0 Å². The first-order valence-electron chi connectivity index (χ1n) is 7.07. The molecule has 3 nitrogen and oxygen atoms in total. The molecule has 0 unspecified atom stereocenters. The Balaban J connectivity index is 2.13. The smallest absolute Gasteiger partial charge is 0.232 e. The Hall–Kier alpha value is -1.35. The van der Waals surface area contributed by atoms with Crippen LogP contribution in [0.15, 0.2) is 30.3 Å². The van der Waals surface area contributed by atoms with Gasteiger partial charge in [-0.25, -0.2) is 0 Å². The number of amides is 1. The molecule has 1 N–H and O–H groups in total. The zero-order chi connectivity index (χ0) is 13.9. The van der Waals surface area contributed by atoms with Gasteiger partial charge in [-0.3, -0.25) is 4.79 Å². The van der Waals surface area contributed by atoms with Gasteiger partial charge in [0.05, 0.1) is 5.41 Å². The third-order valence-corrected chi connectivity index (χ3v) is 4.21. The summed E-state index contributed by atoms with van der Waals surface area (Å²) in [5, 5.41) is 3.34. The summed E-state index contributed by atoms with van der Waals surface area (Å²) in [6.45, 7) is 6.05. The fourth-order valence-electron chi connectivity index (χ4n) is 2.78. The number of nitrogens with zero attached hydrogens (tertiary/aromatic N) is 1. The quantitative estimate of drug-likeness (QED) is 0.903. The molecule has 0 atom stereocenters. The molecule has 1 heterocycles. The topological polar surface area (TPSA) is 32.3 Å². The van der Waals surface area contributed by atoms with Crippen molar-refractivity contribution in [3.63, 3.8) is 0 Å². The summed E-state index contributed by atoms with van der Waals surface area (Å²) in [5.41, 5.74) is 0.627. The minimum atomic E-state index is -0.457. The van der Waals surface area contributed by atoms with Crippen molar-refractivity contribution < 1.29 is 4.79 Å². The molecule has 1 fully saturated rings. The number of nitrogens with one attached hydrogen (secondary N) is 1. The lowest BCUT2D eigenvalue weighted by molar-refractivity contribution is -0.137. The molecule has 0 bridgehead atoms. The minimum absolute atomic E-state index is 0.214. The summed E-state index contributed by atoms with van der Waals surface area (Å²) in [6, 6.07) is 10.4. The summed E-state index contributed by atoms with van der Waals surface area (Å²) in [4.78, 5) is 14.7. The van der Waals surface area contributed by atoms with Crippen LogP contribution in [0.3, 0.4) is 0 Å². The third kappa shape index (κ3) is 2.98. The van der Waals surface area contributed by atoms with Crippen molar-refractivity contribution in [1.82, 2.24) is 10.2 Å². The van der Waals surface area contributed by atoms with Gasteiger partial charge in [-0.1, -0.05) is 30.3 Å². The van der Waals surface area contributed by atoms with Crippen LogP contribution in [0, 0.1) is 0 Å². The largest absolute Gasteiger partial charge is 0.342 e. The van der Waals surface area contributed by atoms with E-state index in [0.717, 1.165) is 31.5 Å². The number of benzene rings is 1. The van der Waals surface area contributed by atoms with Crippen LogP contribution in [0.5, 0.6) is 0 Å². The van der Waals surface area contributed by atoms with Crippen LogP contribution in [0.1, 0.15) is 32.3 Å². The Morgan fingerprint density at radius 2 is 1.79 bits per heavy atom. The highest BCUT2D eigenvalue weighted by atomic mass is 16.2. The van der Waals surface area contributed by atoms with E-state index in [0.29, 0.717) is 6.04 Å². The van der Waals surface area contributed by atoms with Gasteiger partial charge in [0.2, 0.25) is 5.91 Å². The van der Waals surface area contributed by atoms with E-state index in [4.69, 9.17) is 0 Å². The Morgan fingerprint density at radius 3 is 2.37 bits per heavy atom. The summed E-state index contributed by atoms with van der Waals surface area (Å²) in [6.07, 6.45) is 2.10. The molecule has 1 aliphatic rings. The van der Waals surface area contributed by atoms with E-state index >= 15 is 0 Å². The lowest BCUT2D eigenvalue weighted by Gasteiger charge is -2.37. The first-order chi connectivity index (χ1) is 9.03. The van der Waals surface area contributed by atoms with Gasteiger partial charge in [0.25, 0.3) is 0 Å². The highest BCUT2D eigenvalue weighted by molar-refractivity contribution is 5.87. The number of likely N-dealkylation sites (N-methyl/N-ethyl adjacent to an activating group) is 1. The maximum absolute atomic E-state index is 12.8. The van der Waals surface area contributed by atoms with Crippen molar-refractivity contribution in [2.45, 2.75) is 38.1 Å². The molecular weight excluding hydrogens is 236 g/mol. The van der Waals surface area contributed by atoms with E-state index < -0.39 is 5.41 Å². The van der Waals surface area contributed by atoms with E-state index in [1.807, 2.05) is 56.1 Å². The van der Waals surface area contributed by atoms with Gasteiger partial charge >= 0.3 is 0 Å². The van der Waals surface area contributed by atoms with Crippen molar-refractivity contribution in [2.75, 3.05) is 20.1 Å². The lowest BCUT2D eigenvalue weighted by atomic mass is 9.82. The lowest BCUT2D eigenvalue weighted by Crippen LogP contribution is -2.49. The van der Waals surface area contributed by atoms with Crippen LogP contribution in [0.25, 0.3) is 0 Å². The molecule has 1 aromatic rings. The van der Waals surface area contributed by atoms with Crippen LogP contribution in [-0.4, -0.2) is 37.0 Å². The molecule has 104 valence electrons. The predicted octanol–water partition coefficient (Wildman–Crippen LogP) is 2.17. The second kappa shape index (κ2) is 5.74. The molecule has 0 aliphatic carbocycles. The van der Waals surface area contributed by atoms with Crippen LogP contribution in [-0.2, 0) is 10.2 Å².